The smallest absolute Gasteiger partial charge is 0.249 e. The second-order valence-corrected chi connectivity index (χ2v) is 9.40. The summed E-state index contributed by atoms with van der Waals surface area (Å²) >= 11 is 0. The minimum Gasteiger partial charge on any atom is -0.332 e. The lowest BCUT2D eigenvalue weighted by Gasteiger charge is -2.70. The zero-order chi connectivity index (χ0) is 22.1. The van der Waals surface area contributed by atoms with Crippen LogP contribution in [0.3, 0.4) is 0 Å². The second kappa shape index (κ2) is 6.45. The van der Waals surface area contributed by atoms with Gasteiger partial charge in [-0.3, -0.25) is 4.79 Å². The van der Waals surface area contributed by atoms with Crippen molar-refractivity contribution in [1.29, 1.82) is 5.26 Å². The maximum absolute atomic E-state index is 13.7. The second-order valence-electron chi connectivity index (χ2n) is 9.40. The number of hydrazone groups is 1. The minimum atomic E-state index is -0.654. The number of nitrogens with zero attached hydrogens (tertiary/aromatic N) is 5. The Morgan fingerprint density at radius 2 is 1.94 bits per heavy atom. The topological polar surface area (TPSA) is 74.3 Å². The summed E-state index contributed by atoms with van der Waals surface area (Å²) < 4.78 is 29.5. The van der Waals surface area contributed by atoms with Gasteiger partial charge in [-0.05, 0) is 54.5 Å². The van der Waals surface area contributed by atoms with E-state index in [9.17, 15) is 13.6 Å². The molecule has 2 bridgehead atoms. The molecule has 2 aromatic heterocycles. The highest BCUT2D eigenvalue weighted by molar-refractivity contribution is 5.88. The molecule has 160 valence electrons. The summed E-state index contributed by atoms with van der Waals surface area (Å²) in [7, 11) is 0. The van der Waals surface area contributed by atoms with Crippen molar-refractivity contribution in [2.75, 3.05) is 0 Å². The molecule has 0 spiro atoms. The molecular weight excluding hydrogens is 412 g/mol. The number of pyridine rings is 1. The zero-order valence-corrected chi connectivity index (χ0v) is 17.1. The van der Waals surface area contributed by atoms with Crippen LogP contribution in [0.25, 0.3) is 11.0 Å². The molecule has 3 saturated carbocycles. The standard InChI is InChI=1S/C24H19F2N5O/c25-18-6-17(7-19(26)8-18)20-1-3-29-31(20)22(32)24-11-23(12-24,13-24)14-30-4-2-16-5-15(9-27)10-28-21(16)30/h2-8,10,20H,1,11-14H2. The lowest BCUT2D eigenvalue weighted by Crippen LogP contribution is -2.68. The monoisotopic (exact) mass is 431 g/mol. The Morgan fingerprint density at radius 1 is 1.19 bits per heavy atom. The molecule has 32 heavy (non-hydrogen) atoms. The van der Waals surface area contributed by atoms with E-state index in [-0.39, 0.29) is 11.3 Å². The van der Waals surface area contributed by atoms with Crippen molar-refractivity contribution in [2.45, 2.75) is 38.3 Å². The van der Waals surface area contributed by atoms with Gasteiger partial charge in [-0.1, -0.05) is 0 Å². The van der Waals surface area contributed by atoms with Crippen molar-refractivity contribution < 1.29 is 13.6 Å². The fraction of sp³-hybridized carbons (Fsp3) is 0.333. The maximum Gasteiger partial charge on any atom is 0.249 e. The first-order valence-corrected chi connectivity index (χ1v) is 10.6. The van der Waals surface area contributed by atoms with E-state index < -0.39 is 23.1 Å². The number of hydrogen-bond donors (Lipinski definition) is 0. The van der Waals surface area contributed by atoms with Crippen molar-refractivity contribution >= 4 is 23.2 Å². The van der Waals surface area contributed by atoms with E-state index in [1.165, 1.54) is 17.1 Å². The van der Waals surface area contributed by atoms with Gasteiger partial charge in [0.1, 0.15) is 23.4 Å². The fourth-order valence-corrected chi connectivity index (χ4v) is 5.92. The maximum atomic E-state index is 13.7. The van der Waals surface area contributed by atoms with E-state index in [1.807, 2.05) is 18.3 Å². The number of halogens is 2. The normalized spacial score (nSPS) is 27.8. The first-order chi connectivity index (χ1) is 15.4. The first-order valence-electron chi connectivity index (χ1n) is 10.6. The van der Waals surface area contributed by atoms with Gasteiger partial charge in [0.05, 0.1) is 17.0 Å². The number of carbonyl (C=O) groups is 1. The number of carbonyl (C=O) groups excluding carboxylic acids is 1. The van der Waals surface area contributed by atoms with Crippen molar-refractivity contribution in [2.24, 2.45) is 15.9 Å². The largest absolute Gasteiger partial charge is 0.332 e. The van der Waals surface area contributed by atoms with Gasteiger partial charge in [-0.25, -0.2) is 18.8 Å². The summed E-state index contributed by atoms with van der Waals surface area (Å²) in [5, 5.41) is 15.7. The zero-order valence-electron chi connectivity index (χ0n) is 17.1. The van der Waals surface area contributed by atoms with Crippen LogP contribution in [-0.2, 0) is 11.3 Å². The molecular formula is C24H19F2N5O. The van der Waals surface area contributed by atoms with Crippen LogP contribution >= 0.6 is 0 Å². The Labute approximate surface area is 182 Å². The van der Waals surface area contributed by atoms with E-state index >= 15 is 0 Å². The molecule has 1 unspecified atom stereocenters. The summed E-state index contributed by atoms with van der Waals surface area (Å²) in [6, 6.07) is 8.79. The Hall–Kier alpha value is -3.60. The molecule has 7 rings (SSSR count). The Morgan fingerprint density at radius 3 is 2.66 bits per heavy atom. The van der Waals surface area contributed by atoms with E-state index in [4.69, 9.17) is 5.26 Å². The Kier molecular flexibility index (Phi) is 3.85. The molecule has 3 heterocycles. The highest BCUT2D eigenvalue weighted by Crippen LogP contribution is 2.74. The van der Waals surface area contributed by atoms with E-state index in [0.29, 0.717) is 17.5 Å². The fourth-order valence-electron chi connectivity index (χ4n) is 5.92. The van der Waals surface area contributed by atoms with Crippen LogP contribution in [0, 0.1) is 33.8 Å². The SMILES string of the molecule is N#Cc1cnc2c(ccn2CC23CC(C(=O)N4N=CCC4c4cc(F)cc(F)c4)(C2)C3)c1. The van der Waals surface area contributed by atoms with Crippen molar-refractivity contribution in [3.05, 3.63) is 65.5 Å². The van der Waals surface area contributed by atoms with E-state index in [1.54, 1.807) is 12.4 Å². The number of amides is 1. The molecule has 6 nitrogen and oxygen atoms in total. The molecule has 4 aliphatic rings. The number of hydrogen-bond acceptors (Lipinski definition) is 4. The van der Waals surface area contributed by atoms with Gasteiger partial charge in [-0.2, -0.15) is 10.4 Å². The van der Waals surface area contributed by atoms with E-state index in [2.05, 4.69) is 20.7 Å². The van der Waals surface area contributed by atoms with Gasteiger partial charge >= 0.3 is 0 Å². The average molecular weight is 431 g/mol. The van der Waals surface area contributed by atoms with Gasteiger partial charge in [0.15, 0.2) is 0 Å². The van der Waals surface area contributed by atoms with Crippen LogP contribution in [0.4, 0.5) is 8.78 Å². The molecule has 0 saturated heterocycles. The molecule has 1 aliphatic heterocycles. The van der Waals surface area contributed by atoms with Crippen LogP contribution in [0.5, 0.6) is 0 Å². The quantitative estimate of drug-likeness (QED) is 0.618. The Bertz CT molecular complexity index is 1310. The lowest BCUT2D eigenvalue weighted by atomic mass is 9.34. The number of aromatic nitrogens is 2. The van der Waals surface area contributed by atoms with Gasteiger partial charge < -0.3 is 4.57 Å². The summed E-state index contributed by atoms with van der Waals surface area (Å²) in [6.45, 7) is 0.770. The molecule has 1 aromatic carbocycles. The number of benzene rings is 1. The lowest BCUT2D eigenvalue weighted by molar-refractivity contribution is -0.222. The molecule has 1 amide bonds. The summed E-state index contributed by atoms with van der Waals surface area (Å²) in [5.74, 6) is -1.37. The summed E-state index contributed by atoms with van der Waals surface area (Å²) in [5.41, 5.74) is 1.42. The third-order valence-corrected chi connectivity index (χ3v) is 7.14. The van der Waals surface area contributed by atoms with Crippen LogP contribution in [-0.4, -0.2) is 26.7 Å². The molecule has 0 radical (unpaired) electrons. The predicted molar refractivity (Wildman–Crippen MR) is 112 cm³/mol. The van der Waals surface area contributed by atoms with Gasteiger partial charge in [0, 0.05) is 43.0 Å². The first kappa shape index (κ1) is 19.1. The molecule has 0 N–H and O–H groups in total. The van der Waals surface area contributed by atoms with Crippen LogP contribution < -0.4 is 0 Å². The van der Waals surface area contributed by atoms with Gasteiger partial charge in [0.25, 0.3) is 0 Å². The Balaban J connectivity index is 1.17. The number of fused-ring (bicyclic) bond motifs is 1. The van der Waals surface area contributed by atoms with Gasteiger partial charge in [0.2, 0.25) is 5.91 Å². The van der Waals surface area contributed by atoms with Crippen molar-refractivity contribution in [3.8, 4) is 6.07 Å². The summed E-state index contributed by atoms with van der Waals surface area (Å²) in [6.07, 6.45) is 7.95. The summed E-state index contributed by atoms with van der Waals surface area (Å²) in [4.78, 5) is 17.8. The van der Waals surface area contributed by atoms with Crippen molar-refractivity contribution in [1.82, 2.24) is 14.6 Å². The van der Waals surface area contributed by atoms with E-state index in [0.717, 1.165) is 42.9 Å². The van der Waals surface area contributed by atoms with Crippen LogP contribution in [0.2, 0.25) is 0 Å². The number of nitriles is 1. The molecule has 3 aliphatic carbocycles. The molecule has 8 heteroatoms. The van der Waals surface area contributed by atoms with Crippen molar-refractivity contribution in [3.63, 3.8) is 0 Å². The predicted octanol–water partition coefficient (Wildman–Crippen LogP) is 4.32. The average Bonchev–Trinajstić information content (AvgIpc) is 3.35. The minimum absolute atomic E-state index is 0.0566. The highest BCUT2D eigenvalue weighted by Gasteiger charge is 2.72. The third kappa shape index (κ3) is 2.70. The van der Waals surface area contributed by atoms with Crippen LogP contribution in [0.1, 0.15) is 42.9 Å². The third-order valence-electron chi connectivity index (χ3n) is 7.14. The molecule has 1 atom stereocenters. The number of rotatable bonds is 4. The highest BCUT2D eigenvalue weighted by atomic mass is 19.1. The van der Waals surface area contributed by atoms with Gasteiger partial charge in [-0.15, -0.1) is 0 Å². The van der Waals surface area contributed by atoms with Crippen LogP contribution in [0.15, 0.2) is 47.8 Å². The molecule has 3 fully saturated rings. The molecule has 3 aromatic rings.